The van der Waals surface area contributed by atoms with Gasteiger partial charge in [-0.05, 0) is 55.9 Å². The van der Waals surface area contributed by atoms with Crippen molar-refractivity contribution in [2.24, 2.45) is 23.7 Å². The highest BCUT2D eigenvalue weighted by molar-refractivity contribution is 6.07. The van der Waals surface area contributed by atoms with Crippen LogP contribution in [0.1, 0.15) is 36.0 Å². The van der Waals surface area contributed by atoms with Gasteiger partial charge >= 0.3 is 0 Å². The summed E-state index contributed by atoms with van der Waals surface area (Å²) >= 11 is 0. The van der Waals surface area contributed by atoms with Gasteiger partial charge in [-0.1, -0.05) is 12.2 Å². The van der Waals surface area contributed by atoms with Crippen LogP contribution in [0.2, 0.25) is 0 Å². The summed E-state index contributed by atoms with van der Waals surface area (Å²) in [6, 6.07) is 6.72. The Morgan fingerprint density at radius 3 is 2.36 bits per heavy atom. The third-order valence-electron chi connectivity index (χ3n) is 6.98. The van der Waals surface area contributed by atoms with Crippen molar-refractivity contribution in [3.05, 3.63) is 69.7 Å². The molecule has 5 rings (SSSR count). The quantitative estimate of drug-likeness (QED) is 0.311. The normalized spacial score (nSPS) is 26.1. The van der Waals surface area contributed by atoms with Crippen LogP contribution in [0.4, 0.5) is 11.4 Å². The number of nitrogens with zero attached hydrogens (tertiary/aromatic N) is 2. The molecule has 170 valence electrons. The van der Waals surface area contributed by atoms with Crippen molar-refractivity contribution in [3.63, 3.8) is 0 Å². The molecule has 5 unspecified atom stereocenters. The minimum atomic E-state index is -0.859. The number of fused-ring (bicyclic) bond motifs is 5. The average Bonchev–Trinajstić information content (AvgIpc) is 3.53. The fraction of sp³-hybridized carbons (Fsp3) is 0.375. The highest BCUT2D eigenvalue weighted by atomic mass is 16.6. The highest BCUT2D eigenvalue weighted by Crippen LogP contribution is 2.54. The van der Waals surface area contributed by atoms with E-state index in [1.54, 1.807) is 26.0 Å². The summed E-state index contributed by atoms with van der Waals surface area (Å²) in [4.78, 5) is 51.3. The van der Waals surface area contributed by atoms with E-state index >= 15 is 0 Å². The number of furan rings is 1. The second kappa shape index (κ2) is 7.68. The van der Waals surface area contributed by atoms with Gasteiger partial charge in [-0.2, -0.15) is 0 Å². The predicted octanol–water partition coefficient (Wildman–Crippen LogP) is 3.68. The lowest BCUT2D eigenvalue weighted by Crippen LogP contribution is -2.38. The number of allylic oxidation sites excluding steroid dienone is 2. The zero-order valence-electron chi connectivity index (χ0n) is 18.2. The number of nitrogens with one attached hydrogen (secondary N) is 1. The van der Waals surface area contributed by atoms with Gasteiger partial charge in [0.2, 0.25) is 17.7 Å². The van der Waals surface area contributed by atoms with Gasteiger partial charge in [0.1, 0.15) is 17.6 Å². The van der Waals surface area contributed by atoms with E-state index in [1.807, 2.05) is 12.2 Å². The van der Waals surface area contributed by atoms with E-state index in [2.05, 4.69) is 5.32 Å². The third kappa shape index (κ3) is 3.44. The molecule has 2 heterocycles. The number of rotatable bonds is 6. The summed E-state index contributed by atoms with van der Waals surface area (Å²) < 4.78 is 5.75. The van der Waals surface area contributed by atoms with Crippen molar-refractivity contribution in [2.75, 3.05) is 5.32 Å². The molecule has 9 nitrogen and oxygen atoms in total. The van der Waals surface area contributed by atoms with Crippen molar-refractivity contribution in [3.8, 4) is 0 Å². The van der Waals surface area contributed by atoms with Gasteiger partial charge < -0.3 is 9.73 Å². The largest absolute Gasteiger partial charge is 0.464 e. The number of nitro benzene ring substituents is 1. The second-order valence-corrected chi connectivity index (χ2v) is 9.02. The number of non-ortho nitro benzene ring substituents is 1. The number of imide groups is 1. The molecule has 1 aromatic carbocycles. The molecule has 9 heteroatoms. The van der Waals surface area contributed by atoms with Crippen molar-refractivity contribution in [2.45, 2.75) is 32.7 Å². The average molecular weight is 449 g/mol. The zero-order chi connectivity index (χ0) is 23.4. The van der Waals surface area contributed by atoms with Crippen LogP contribution in [-0.4, -0.2) is 27.5 Å². The molecule has 5 atom stereocenters. The van der Waals surface area contributed by atoms with E-state index in [4.69, 9.17) is 4.42 Å². The fourth-order valence-electron chi connectivity index (χ4n) is 5.46. The maximum absolute atomic E-state index is 13.3. The van der Waals surface area contributed by atoms with Gasteiger partial charge in [-0.3, -0.25) is 29.4 Å². The summed E-state index contributed by atoms with van der Waals surface area (Å²) in [6.45, 7) is 3.42. The van der Waals surface area contributed by atoms with E-state index < -0.39 is 16.9 Å². The molecule has 1 aliphatic heterocycles. The van der Waals surface area contributed by atoms with Crippen molar-refractivity contribution in [1.82, 2.24) is 4.90 Å². The lowest BCUT2D eigenvalue weighted by Gasteiger charge is -2.26. The Labute approximate surface area is 189 Å². The Hall–Kier alpha value is -3.75. The van der Waals surface area contributed by atoms with Gasteiger partial charge in [0, 0.05) is 17.8 Å². The van der Waals surface area contributed by atoms with Crippen LogP contribution in [0.5, 0.6) is 0 Å². The summed E-state index contributed by atoms with van der Waals surface area (Å²) in [7, 11) is 0. The smallest absolute Gasteiger partial charge is 0.269 e. The second-order valence-electron chi connectivity index (χ2n) is 9.02. The first-order chi connectivity index (χ1) is 15.7. The van der Waals surface area contributed by atoms with Crippen molar-refractivity contribution in [1.29, 1.82) is 0 Å². The lowest BCUT2D eigenvalue weighted by atomic mass is 9.85. The molecule has 2 aromatic rings. The first-order valence-electron chi connectivity index (χ1n) is 10.9. The van der Waals surface area contributed by atoms with Crippen molar-refractivity contribution < 1.29 is 23.7 Å². The molecule has 3 aliphatic rings. The van der Waals surface area contributed by atoms with E-state index in [0.717, 1.165) is 6.42 Å². The first kappa shape index (κ1) is 21.1. The van der Waals surface area contributed by atoms with Crippen LogP contribution in [0.25, 0.3) is 0 Å². The van der Waals surface area contributed by atoms with Crippen LogP contribution in [0.3, 0.4) is 0 Å². The molecule has 2 fully saturated rings. The maximum atomic E-state index is 13.3. The molecule has 2 bridgehead atoms. The summed E-state index contributed by atoms with van der Waals surface area (Å²) in [5.41, 5.74) is 0.893. The van der Waals surface area contributed by atoms with Crippen LogP contribution in [0.15, 0.2) is 46.9 Å². The van der Waals surface area contributed by atoms with Crippen LogP contribution < -0.4 is 5.32 Å². The molecular weight excluding hydrogens is 426 g/mol. The first-order valence-corrected chi connectivity index (χ1v) is 10.9. The fourth-order valence-corrected chi connectivity index (χ4v) is 5.46. The minimum absolute atomic E-state index is 0.0667. The molecule has 0 spiro atoms. The van der Waals surface area contributed by atoms with Crippen molar-refractivity contribution >= 4 is 29.1 Å². The summed E-state index contributed by atoms with van der Waals surface area (Å²) in [5.74, 6) is -0.538. The number of benzene rings is 1. The van der Waals surface area contributed by atoms with E-state index in [1.165, 1.54) is 23.1 Å². The summed E-state index contributed by atoms with van der Waals surface area (Å²) in [6.07, 6.45) is 4.70. The SMILES string of the molecule is Cc1ccc(C(CC(=O)Nc2ccc([N+](=O)[O-])cc2C)N2C(=O)C3C4C=CC(C4)C3C2=O)o1. The van der Waals surface area contributed by atoms with E-state index in [-0.39, 0.29) is 47.6 Å². The maximum Gasteiger partial charge on any atom is 0.269 e. The van der Waals surface area contributed by atoms with Gasteiger partial charge in [0.05, 0.1) is 23.2 Å². The molecule has 3 amide bonds. The number of amides is 3. The number of carbonyl (C=O) groups is 3. The highest BCUT2D eigenvalue weighted by Gasteiger charge is 2.60. The Balaban J connectivity index is 1.40. The minimum Gasteiger partial charge on any atom is -0.464 e. The van der Waals surface area contributed by atoms with Crippen LogP contribution >= 0.6 is 0 Å². The molecule has 2 aliphatic carbocycles. The van der Waals surface area contributed by atoms with Gasteiger partial charge in [0.25, 0.3) is 5.69 Å². The molecule has 0 radical (unpaired) electrons. The Kier molecular flexibility index (Phi) is 4.92. The number of hydrogen-bond acceptors (Lipinski definition) is 6. The Morgan fingerprint density at radius 1 is 1.15 bits per heavy atom. The number of carbonyl (C=O) groups excluding carboxylic acids is 3. The zero-order valence-corrected chi connectivity index (χ0v) is 18.2. The summed E-state index contributed by atoms with van der Waals surface area (Å²) in [5, 5.41) is 13.7. The lowest BCUT2D eigenvalue weighted by molar-refractivity contribution is -0.384. The standard InChI is InChI=1S/C24H23N3O6/c1-12-9-16(27(31)32)6-7-17(12)25-20(28)11-18(19-8-3-13(2)33-19)26-23(29)21-14-4-5-15(10-14)22(21)24(26)30/h3-9,14-15,18,21-22H,10-11H2,1-2H3,(H,25,28). The molecule has 1 N–H and O–H groups in total. The number of hydrogen-bond donors (Lipinski definition) is 1. The van der Waals surface area contributed by atoms with Gasteiger partial charge in [-0.15, -0.1) is 0 Å². The van der Waals surface area contributed by atoms with E-state index in [0.29, 0.717) is 22.8 Å². The molecular formula is C24H23N3O6. The molecule has 1 saturated heterocycles. The molecule has 33 heavy (non-hydrogen) atoms. The number of nitro groups is 1. The number of aryl methyl sites for hydroxylation is 2. The third-order valence-corrected chi connectivity index (χ3v) is 6.98. The number of anilines is 1. The van der Waals surface area contributed by atoms with Crippen LogP contribution in [0, 0.1) is 47.6 Å². The van der Waals surface area contributed by atoms with E-state index in [9.17, 15) is 24.5 Å². The van der Waals surface area contributed by atoms with Gasteiger partial charge in [-0.25, -0.2) is 0 Å². The topological polar surface area (TPSA) is 123 Å². The number of likely N-dealkylation sites (tertiary alicyclic amines) is 1. The van der Waals surface area contributed by atoms with Gasteiger partial charge in [0.15, 0.2) is 0 Å². The predicted molar refractivity (Wildman–Crippen MR) is 117 cm³/mol. The Bertz CT molecular complexity index is 1180. The molecule has 1 saturated carbocycles. The monoisotopic (exact) mass is 449 g/mol. The Morgan fingerprint density at radius 2 is 1.82 bits per heavy atom. The molecule has 1 aromatic heterocycles. The van der Waals surface area contributed by atoms with Crippen LogP contribution in [-0.2, 0) is 14.4 Å².